The fraction of sp³-hybridized carbons (Fsp3) is 0.188. The van der Waals surface area contributed by atoms with Crippen molar-refractivity contribution < 1.29 is 9.53 Å². The Morgan fingerprint density at radius 1 is 1.43 bits per heavy atom. The second kappa shape index (κ2) is 6.52. The second-order valence-corrected chi connectivity index (χ2v) is 6.07. The van der Waals surface area contributed by atoms with Gasteiger partial charge in [0.2, 0.25) is 5.13 Å². The number of hydrogen-bond acceptors (Lipinski definition) is 5. The van der Waals surface area contributed by atoms with Gasteiger partial charge in [-0.25, -0.2) is 14.5 Å². The summed E-state index contributed by atoms with van der Waals surface area (Å²) in [4.78, 5) is 16.4. The third-order valence-electron chi connectivity index (χ3n) is 3.30. The molecule has 0 atom stereocenters. The number of nitrogens with zero attached hydrogens (tertiary/aromatic N) is 3. The van der Waals surface area contributed by atoms with Gasteiger partial charge in [-0.05, 0) is 26.0 Å². The number of carbonyl (C=O) groups excluding carboxylic acids is 1. The summed E-state index contributed by atoms with van der Waals surface area (Å²) in [5, 5.41) is 7.54. The molecule has 3 rings (SSSR count). The molecule has 0 amide bonds. The minimum atomic E-state index is -0.372. The molecule has 0 fully saturated rings. The van der Waals surface area contributed by atoms with Crippen molar-refractivity contribution in [3.05, 3.63) is 52.1 Å². The summed E-state index contributed by atoms with van der Waals surface area (Å²) in [6.45, 7) is 3.93. The molecule has 0 aliphatic carbocycles. The van der Waals surface area contributed by atoms with Crippen LogP contribution in [0.3, 0.4) is 0 Å². The Morgan fingerprint density at radius 2 is 2.26 bits per heavy atom. The van der Waals surface area contributed by atoms with E-state index in [-0.39, 0.29) is 5.97 Å². The van der Waals surface area contributed by atoms with E-state index in [2.05, 4.69) is 10.1 Å². The smallest absolute Gasteiger partial charge is 0.341 e. The second-order valence-electron chi connectivity index (χ2n) is 4.80. The minimum absolute atomic E-state index is 0.333. The third kappa shape index (κ3) is 3.13. The first-order chi connectivity index (χ1) is 11.1. The first-order valence-corrected chi connectivity index (χ1v) is 8.29. The highest BCUT2D eigenvalue weighted by Gasteiger charge is 2.18. The molecule has 0 saturated carbocycles. The number of aromatic nitrogens is 3. The van der Waals surface area contributed by atoms with Gasteiger partial charge in [0, 0.05) is 16.0 Å². The van der Waals surface area contributed by atoms with Gasteiger partial charge in [0.15, 0.2) is 0 Å². The summed E-state index contributed by atoms with van der Waals surface area (Å²) < 4.78 is 6.67. The molecule has 118 valence electrons. The molecule has 0 bridgehead atoms. The molecule has 23 heavy (non-hydrogen) atoms. The van der Waals surface area contributed by atoms with Gasteiger partial charge >= 0.3 is 5.97 Å². The first-order valence-electron chi connectivity index (χ1n) is 7.03. The standard InChI is InChI=1S/C16H14ClN3O2S/c1-3-22-15(21)13-8-18-20(10(13)2)16-19-14(9-23-16)11-5-4-6-12(17)7-11/h4-9H,3H2,1-2H3. The van der Waals surface area contributed by atoms with Gasteiger partial charge in [0.25, 0.3) is 0 Å². The van der Waals surface area contributed by atoms with Crippen LogP contribution >= 0.6 is 22.9 Å². The number of carbonyl (C=O) groups is 1. The van der Waals surface area contributed by atoms with E-state index in [9.17, 15) is 4.79 Å². The van der Waals surface area contributed by atoms with Crippen LogP contribution in [0.1, 0.15) is 23.0 Å². The number of benzene rings is 1. The molecule has 0 saturated heterocycles. The molecule has 0 unspecified atom stereocenters. The molecule has 1 aromatic carbocycles. The van der Waals surface area contributed by atoms with E-state index in [4.69, 9.17) is 16.3 Å². The van der Waals surface area contributed by atoms with Crippen molar-refractivity contribution in [2.75, 3.05) is 6.61 Å². The molecule has 2 heterocycles. The quantitative estimate of drug-likeness (QED) is 0.666. The highest BCUT2D eigenvalue weighted by molar-refractivity contribution is 7.12. The SMILES string of the molecule is CCOC(=O)c1cnn(-c2nc(-c3cccc(Cl)c3)cs2)c1C. The van der Waals surface area contributed by atoms with Gasteiger partial charge in [0.05, 0.1) is 24.2 Å². The Kier molecular flexibility index (Phi) is 4.45. The molecule has 0 spiro atoms. The lowest BCUT2D eigenvalue weighted by molar-refractivity contribution is 0.0525. The monoisotopic (exact) mass is 347 g/mol. The molecular formula is C16H14ClN3O2S. The van der Waals surface area contributed by atoms with E-state index in [1.54, 1.807) is 11.6 Å². The zero-order valence-corrected chi connectivity index (χ0v) is 14.2. The fourth-order valence-corrected chi connectivity index (χ4v) is 3.18. The largest absolute Gasteiger partial charge is 0.462 e. The maximum absolute atomic E-state index is 11.9. The van der Waals surface area contributed by atoms with Crippen LogP contribution < -0.4 is 0 Å². The van der Waals surface area contributed by atoms with Crippen molar-refractivity contribution in [2.45, 2.75) is 13.8 Å². The Balaban J connectivity index is 1.93. The van der Waals surface area contributed by atoms with Crippen LogP contribution in [0.25, 0.3) is 16.4 Å². The summed E-state index contributed by atoms with van der Waals surface area (Å²) in [6, 6.07) is 7.52. The molecule has 5 nitrogen and oxygen atoms in total. The Bertz CT molecular complexity index is 857. The Morgan fingerprint density at radius 3 is 3.00 bits per heavy atom. The maximum Gasteiger partial charge on any atom is 0.341 e. The summed E-state index contributed by atoms with van der Waals surface area (Å²) >= 11 is 7.47. The van der Waals surface area contributed by atoms with E-state index < -0.39 is 0 Å². The van der Waals surface area contributed by atoms with Crippen LogP contribution in [-0.2, 0) is 4.74 Å². The summed E-state index contributed by atoms with van der Waals surface area (Å²) in [5.41, 5.74) is 2.91. The van der Waals surface area contributed by atoms with Gasteiger partial charge in [-0.15, -0.1) is 11.3 Å². The zero-order valence-electron chi connectivity index (χ0n) is 12.6. The predicted octanol–water partition coefficient (Wildman–Crippen LogP) is 4.13. The van der Waals surface area contributed by atoms with Crippen LogP contribution in [0.15, 0.2) is 35.8 Å². The highest BCUT2D eigenvalue weighted by atomic mass is 35.5. The lowest BCUT2D eigenvalue weighted by atomic mass is 10.2. The van der Waals surface area contributed by atoms with E-state index in [0.29, 0.717) is 28.0 Å². The summed E-state index contributed by atoms with van der Waals surface area (Å²) in [6.07, 6.45) is 1.51. The van der Waals surface area contributed by atoms with Crippen molar-refractivity contribution >= 4 is 28.9 Å². The number of esters is 1. The average molecular weight is 348 g/mol. The topological polar surface area (TPSA) is 57.0 Å². The molecule has 0 aliphatic heterocycles. The normalized spacial score (nSPS) is 10.7. The fourth-order valence-electron chi connectivity index (χ4n) is 2.15. The number of halogens is 1. The van der Waals surface area contributed by atoms with E-state index >= 15 is 0 Å². The number of thiazole rings is 1. The lowest BCUT2D eigenvalue weighted by Crippen LogP contribution is -2.06. The van der Waals surface area contributed by atoms with Crippen LogP contribution in [0.5, 0.6) is 0 Å². The predicted molar refractivity (Wildman–Crippen MR) is 90.4 cm³/mol. The van der Waals surface area contributed by atoms with E-state index in [1.807, 2.05) is 36.6 Å². The highest BCUT2D eigenvalue weighted by Crippen LogP contribution is 2.27. The van der Waals surface area contributed by atoms with Crippen molar-refractivity contribution in [1.82, 2.24) is 14.8 Å². The minimum Gasteiger partial charge on any atom is -0.462 e. The van der Waals surface area contributed by atoms with Crippen LogP contribution in [0, 0.1) is 6.92 Å². The number of ether oxygens (including phenoxy) is 1. The van der Waals surface area contributed by atoms with Crippen molar-refractivity contribution in [3.8, 4) is 16.4 Å². The molecule has 0 N–H and O–H groups in total. The van der Waals surface area contributed by atoms with Crippen LogP contribution in [0.4, 0.5) is 0 Å². The van der Waals surface area contributed by atoms with Gasteiger partial charge < -0.3 is 4.74 Å². The van der Waals surface area contributed by atoms with E-state index in [1.165, 1.54) is 17.5 Å². The van der Waals surface area contributed by atoms with Crippen molar-refractivity contribution in [2.24, 2.45) is 0 Å². The average Bonchev–Trinajstić information content (AvgIpc) is 3.14. The number of rotatable bonds is 4. The van der Waals surface area contributed by atoms with Crippen molar-refractivity contribution in [1.29, 1.82) is 0 Å². The van der Waals surface area contributed by atoms with Gasteiger partial charge in [0.1, 0.15) is 5.56 Å². The molecule has 0 aliphatic rings. The van der Waals surface area contributed by atoms with Crippen LogP contribution in [-0.4, -0.2) is 27.3 Å². The zero-order chi connectivity index (χ0) is 16.4. The molecule has 7 heteroatoms. The van der Waals surface area contributed by atoms with Gasteiger partial charge in [-0.2, -0.15) is 5.10 Å². The first kappa shape index (κ1) is 15.7. The third-order valence-corrected chi connectivity index (χ3v) is 4.35. The molecule has 0 radical (unpaired) electrons. The van der Waals surface area contributed by atoms with Gasteiger partial charge in [-0.1, -0.05) is 23.7 Å². The van der Waals surface area contributed by atoms with Gasteiger partial charge in [-0.3, -0.25) is 0 Å². The Labute approximate surface area is 142 Å². The summed E-state index contributed by atoms with van der Waals surface area (Å²) in [5.74, 6) is -0.372. The Hall–Kier alpha value is -2.18. The maximum atomic E-state index is 11.9. The number of hydrogen-bond donors (Lipinski definition) is 0. The van der Waals surface area contributed by atoms with Crippen LogP contribution in [0.2, 0.25) is 5.02 Å². The molecule has 2 aromatic heterocycles. The van der Waals surface area contributed by atoms with E-state index in [0.717, 1.165) is 11.3 Å². The van der Waals surface area contributed by atoms with Crippen molar-refractivity contribution in [3.63, 3.8) is 0 Å². The summed E-state index contributed by atoms with van der Waals surface area (Å²) in [7, 11) is 0. The lowest BCUT2D eigenvalue weighted by Gasteiger charge is -2.02. The molecule has 3 aromatic rings. The molecular weight excluding hydrogens is 334 g/mol.